The minimum absolute atomic E-state index is 0.311. The van der Waals surface area contributed by atoms with Gasteiger partial charge in [0.1, 0.15) is 6.10 Å². The minimum atomic E-state index is -0.477. The standard InChI is InChI=1S/C10H17NOS/c1-3-4-8-5-10(9(12)6-11)13-7(8)2/h5,9,12H,3-4,6,11H2,1-2H3. The Morgan fingerprint density at radius 1 is 1.62 bits per heavy atom. The number of thiophene rings is 1. The Labute approximate surface area is 83.4 Å². The molecule has 1 aromatic heterocycles. The van der Waals surface area contributed by atoms with Crippen LogP contribution in [-0.2, 0) is 6.42 Å². The first-order valence-electron chi connectivity index (χ1n) is 4.66. The van der Waals surface area contributed by atoms with Crippen LogP contribution >= 0.6 is 11.3 Å². The van der Waals surface area contributed by atoms with Gasteiger partial charge in [-0.15, -0.1) is 11.3 Å². The molecule has 0 aliphatic rings. The molecule has 1 unspecified atom stereocenters. The average Bonchev–Trinajstić information content (AvgIpc) is 2.47. The third-order valence-corrected chi connectivity index (χ3v) is 3.30. The predicted octanol–water partition coefficient (Wildman–Crippen LogP) is 2.00. The van der Waals surface area contributed by atoms with Crippen molar-refractivity contribution in [3.63, 3.8) is 0 Å². The molecule has 13 heavy (non-hydrogen) atoms. The Morgan fingerprint density at radius 3 is 2.85 bits per heavy atom. The Bertz CT molecular complexity index is 270. The molecular weight excluding hydrogens is 182 g/mol. The van der Waals surface area contributed by atoms with E-state index in [2.05, 4.69) is 19.9 Å². The lowest BCUT2D eigenvalue weighted by Crippen LogP contribution is -2.09. The van der Waals surface area contributed by atoms with Gasteiger partial charge in [-0.25, -0.2) is 0 Å². The van der Waals surface area contributed by atoms with E-state index in [0.717, 1.165) is 17.7 Å². The molecule has 0 saturated heterocycles. The van der Waals surface area contributed by atoms with Crippen LogP contribution in [0.5, 0.6) is 0 Å². The second-order valence-electron chi connectivity index (χ2n) is 3.23. The molecule has 3 N–H and O–H groups in total. The number of nitrogens with two attached hydrogens (primary N) is 1. The second kappa shape index (κ2) is 4.74. The summed E-state index contributed by atoms with van der Waals surface area (Å²) in [5.74, 6) is 0. The molecule has 1 atom stereocenters. The summed E-state index contributed by atoms with van der Waals surface area (Å²) in [7, 11) is 0. The molecule has 0 amide bonds. The zero-order valence-corrected chi connectivity index (χ0v) is 9.03. The fourth-order valence-corrected chi connectivity index (χ4v) is 2.42. The van der Waals surface area contributed by atoms with Gasteiger partial charge in [-0.05, 0) is 25.0 Å². The molecule has 0 aliphatic carbocycles. The van der Waals surface area contributed by atoms with Gasteiger partial charge >= 0.3 is 0 Å². The Balaban J connectivity index is 2.81. The number of hydrogen-bond donors (Lipinski definition) is 2. The zero-order chi connectivity index (χ0) is 9.84. The lowest BCUT2D eigenvalue weighted by molar-refractivity contribution is 0.190. The van der Waals surface area contributed by atoms with Crippen LogP contribution in [0, 0.1) is 6.92 Å². The van der Waals surface area contributed by atoms with Crippen LogP contribution in [0.4, 0.5) is 0 Å². The van der Waals surface area contributed by atoms with Gasteiger partial charge < -0.3 is 10.8 Å². The maximum atomic E-state index is 9.52. The van der Waals surface area contributed by atoms with Crippen molar-refractivity contribution in [3.8, 4) is 0 Å². The molecule has 74 valence electrons. The summed E-state index contributed by atoms with van der Waals surface area (Å²) < 4.78 is 0. The van der Waals surface area contributed by atoms with Crippen LogP contribution in [0.2, 0.25) is 0 Å². The van der Waals surface area contributed by atoms with Gasteiger partial charge in [0.25, 0.3) is 0 Å². The van der Waals surface area contributed by atoms with Gasteiger partial charge in [-0.1, -0.05) is 13.3 Å². The van der Waals surface area contributed by atoms with E-state index in [1.165, 1.54) is 10.4 Å². The number of rotatable bonds is 4. The summed E-state index contributed by atoms with van der Waals surface area (Å²) in [5, 5.41) is 9.52. The van der Waals surface area contributed by atoms with Crippen molar-refractivity contribution in [1.82, 2.24) is 0 Å². The normalized spacial score (nSPS) is 13.2. The van der Waals surface area contributed by atoms with Crippen LogP contribution in [0.25, 0.3) is 0 Å². The smallest absolute Gasteiger partial charge is 0.100 e. The summed E-state index contributed by atoms with van der Waals surface area (Å²) in [6, 6.07) is 2.08. The third kappa shape index (κ3) is 2.53. The van der Waals surface area contributed by atoms with E-state index < -0.39 is 6.10 Å². The highest BCUT2D eigenvalue weighted by Gasteiger charge is 2.10. The molecule has 0 aliphatic heterocycles. The molecule has 0 spiro atoms. The highest BCUT2D eigenvalue weighted by Crippen LogP contribution is 2.27. The number of hydrogen-bond acceptors (Lipinski definition) is 3. The molecule has 0 aromatic carbocycles. The fourth-order valence-electron chi connectivity index (χ4n) is 1.34. The molecule has 1 aromatic rings. The van der Waals surface area contributed by atoms with E-state index in [-0.39, 0.29) is 0 Å². The van der Waals surface area contributed by atoms with Gasteiger partial charge in [-0.3, -0.25) is 0 Å². The van der Waals surface area contributed by atoms with Crippen molar-refractivity contribution in [1.29, 1.82) is 0 Å². The maximum absolute atomic E-state index is 9.52. The van der Waals surface area contributed by atoms with Crippen molar-refractivity contribution < 1.29 is 5.11 Å². The van der Waals surface area contributed by atoms with Gasteiger partial charge in [0.15, 0.2) is 0 Å². The Morgan fingerprint density at radius 2 is 2.31 bits per heavy atom. The fraction of sp³-hybridized carbons (Fsp3) is 0.600. The quantitative estimate of drug-likeness (QED) is 0.779. The Hall–Kier alpha value is -0.380. The monoisotopic (exact) mass is 199 g/mol. The van der Waals surface area contributed by atoms with E-state index in [1.54, 1.807) is 11.3 Å². The van der Waals surface area contributed by atoms with Gasteiger partial charge in [0.05, 0.1) is 0 Å². The van der Waals surface area contributed by atoms with Crippen molar-refractivity contribution in [2.24, 2.45) is 5.73 Å². The second-order valence-corrected chi connectivity index (χ2v) is 4.52. The molecule has 0 bridgehead atoms. The molecule has 3 heteroatoms. The first-order valence-corrected chi connectivity index (χ1v) is 5.48. The van der Waals surface area contributed by atoms with E-state index >= 15 is 0 Å². The van der Waals surface area contributed by atoms with E-state index in [9.17, 15) is 5.11 Å². The van der Waals surface area contributed by atoms with Crippen LogP contribution in [0.3, 0.4) is 0 Å². The van der Waals surface area contributed by atoms with Crippen molar-refractivity contribution in [3.05, 3.63) is 21.4 Å². The van der Waals surface area contributed by atoms with E-state index in [4.69, 9.17) is 5.73 Å². The lowest BCUT2D eigenvalue weighted by atomic mass is 10.1. The molecule has 0 fully saturated rings. The third-order valence-electron chi connectivity index (χ3n) is 2.11. The highest BCUT2D eigenvalue weighted by molar-refractivity contribution is 7.12. The highest BCUT2D eigenvalue weighted by atomic mass is 32.1. The summed E-state index contributed by atoms with van der Waals surface area (Å²) in [5.41, 5.74) is 6.75. The van der Waals surface area contributed by atoms with Crippen molar-refractivity contribution in [2.75, 3.05) is 6.54 Å². The first kappa shape index (κ1) is 10.7. The van der Waals surface area contributed by atoms with Gasteiger partial charge in [-0.2, -0.15) is 0 Å². The Kier molecular flexibility index (Phi) is 3.90. The van der Waals surface area contributed by atoms with Crippen LogP contribution in [-0.4, -0.2) is 11.7 Å². The summed E-state index contributed by atoms with van der Waals surface area (Å²) in [6.07, 6.45) is 1.77. The maximum Gasteiger partial charge on any atom is 0.100 e. The summed E-state index contributed by atoms with van der Waals surface area (Å²) in [4.78, 5) is 2.31. The summed E-state index contributed by atoms with van der Waals surface area (Å²) >= 11 is 1.66. The SMILES string of the molecule is CCCc1cc(C(O)CN)sc1C. The number of aliphatic hydroxyl groups is 1. The number of aryl methyl sites for hydroxylation is 2. The van der Waals surface area contributed by atoms with Gasteiger partial charge in [0, 0.05) is 16.3 Å². The minimum Gasteiger partial charge on any atom is -0.386 e. The van der Waals surface area contributed by atoms with E-state index in [1.807, 2.05) is 0 Å². The zero-order valence-electron chi connectivity index (χ0n) is 8.21. The lowest BCUT2D eigenvalue weighted by Gasteiger charge is -2.02. The van der Waals surface area contributed by atoms with E-state index in [0.29, 0.717) is 6.54 Å². The molecule has 0 radical (unpaired) electrons. The molecule has 1 heterocycles. The van der Waals surface area contributed by atoms with Crippen LogP contribution in [0.1, 0.15) is 34.8 Å². The molecule has 2 nitrogen and oxygen atoms in total. The van der Waals surface area contributed by atoms with Crippen molar-refractivity contribution >= 4 is 11.3 Å². The topological polar surface area (TPSA) is 46.2 Å². The molecule has 0 saturated carbocycles. The molecular formula is C10H17NOS. The van der Waals surface area contributed by atoms with Crippen molar-refractivity contribution in [2.45, 2.75) is 32.8 Å². The number of aliphatic hydroxyl groups excluding tert-OH is 1. The van der Waals surface area contributed by atoms with Crippen LogP contribution in [0.15, 0.2) is 6.07 Å². The predicted molar refractivity (Wildman–Crippen MR) is 57.1 cm³/mol. The first-order chi connectivity index (χ1) is 6.19. The van der Waals surface area contributed by atoms with Gasteiger partial charge in [0.2, 0.25) is 0 Å². The molecule has 1 rings (SSSR count). The van der Waals surface area contributed by atoms with Crippen LogP contribution < -0.4 is 5.73 Å². The largest absolute Gasteiger partial charge is 0.386 e. The average molecular weight is 199 g/mol. The summed E-state index contributed by atoms with van der Waals surface area (Å²) in [6.45, 7) is 4.57.